The van der Waals surface area contributed by atoms with Gasteiger partial charge in [-0.1, -0.05) is 0 Å². The van der Waals surface area contributed by atoms with Crippen molar-refractivity contribution in [3.8, 4) is 0 Å². The predicted molar refractivity (Wildman–Crippen MR) is 64.4 cm³/mol. The summed E-state index contributed by atoms with van der Waals surface area (Å²) in [5.74, 6) is -1.45. The summed E-state index contributed by atoms with van der Waals surface area (Å²) in [6.45, 7) is 3.82. The third-order valence-electron chi connectivity index (χ3n) is 2.36. The van der Waals surface area contributed by atoms with Gasteiger partial charge in [-0.2, -0.15) is 0 Å². The van der Waals surface area contributed by atoms with Crippen LogP contribution < -0.4 is 15.3 Å². The number of aromatic carboxylic acids is 1. The molecule has 1 rings (SSSR count). The first kappa shape index (κ1) is 13.7. The van der Waals surface area contributed by atoms with E-state index in [2.05, 4.69) is 5.32 Å². The van der Waals surface area contributed by atoms with Gasteiger partial charge in [-0.3, -0.25) is 4.79 Å². The number of likely N-dealkylation sites (N-methyl/N-ethyl adjacent to an activating group) is 1. The monoisotopic (exact) mass is 256 g/mol. The van der Waals surface area contributed by atoms with Gasteiger partial charge >= 0.3 is 0 Å². The fraction of sp³-hybridized carbons (Fsp3) is 0.455. The minimum Gasteiger partial charge on any atom is -0.545 e. The molecule has 0 spiro atoms. The first-order valence-electron chi connectivity index (χ1n) is 5.23. The molecular weight excluding hydrogens is 240 g/mol. The molecule has 6 heteroatoms. The normalized spacial score (nSPS) is 10.6. The van der Waals surface area contributed by atoms with Crippen LogP contribution in [0.3, 0.4) is 0 Å². The highest BCUT2D eigenvalue weighted by atomic mass is 32.1. The van der Waals surface area contributed by atoms with Crippen LogP contribution in [0, 0.1) is 13.8 Å². The Labute approximate surface area is 104 Å². The molecule has 0 saturated heterocycles. The SMILES string of the molecule is Cc1sc(NC(=O)C[NH+](C)C)c(C(=O)[O-])c1C. The number of rotatable bonds is 4. The molecule has 2 N–H and O–H groups in total. The van der Waals surface area contributed by atoms with Crippen molar-refractivity contribution in [2.24, 2.45) is 0 Å². The van der Waals surface area contributed by atoms with Crippen molar-refractivity contribution >= 4 is 28.2 Å². The van der Waals surface area contributed by atoms with E-state index in [9.17, 15) is 14.7 Å². The molecule has 0 saturated carbocycles. The van der Waals surface area contributed by atoms with E-state index in [1.807, 2.05) is 21.0 Å². The van der Waals surface area contributed by atoms with E-state index in [0.29, 0.717) is 17.1 Å². The van der Waals surface area contributed by atoms with Gasteiger partial charge in [0.15, 0.2) is 6.54 Å². The van der Waals surface area contributed by atoms with Gasteiger partial charge in [0, 0.05) is 10.4 Å². The molecule has 0 aliphatic rings. The molecule has 0 bridgehead atoms. The summed E-state index contributed by atoms with van der Waals surface area (Å²) in [7, 11) is 3.70. The fourth-order valence-corrected chi connectivity index (χ4v) is 2.52. The van der Waals surface area contributed by atoms with Crippen LogP contribution in [0.15, 0.2) is 0 Å². The maximum Gasteiger partial charge on any atom is 0.280 e. The lowest BCUT2D eigenvalue weighted by molar-refractivity contribution is -0.849. The number of thiophene rings is 1. The molecule has 5 nitrogen and oxygen atoms in total. The van der Waals surface area contributed by atoms with Crippen molar-refractivity contribution in [3.05, 3.63) is 16.0 Å². The van der Waals surface area contributed by atoms with E-state index in [1.165, 1.54) is 11.3 Å². The Bertz CT molecular complexity index is 452. The van der Waals surface area contributed by atoms with Gasteiger partial charge < -0.3 is 20.1 Å². The second-order valence-electron chi connectivity index (χ2n) is 4.21. The van der Waals surface area contributed by atoms with Crippen LogP contribution in [0.1, 0.15) is 20.8 Å². The zero-order chi connectivity index (χ0) is 13.2. The van der Waals surface area contributed by atoms with Gasteiger partial charge in [-0.25, -0.2) is 0 Å². The van der Waals surface area contributed by atoms with Crippen LogP contribution in [0.2, 0.25) is 0 Å². The van der Waals surface area contributed by atoms with Gasteiger partial charge in [0.05, 0.1) is 20.1 Å². The Morgan fingerprint density at radius 3 is 2.41 bits per heavy atom. The number of anilines is 1. The minimum atomic E-state index is -1.25. The second kappa shape index (κ2) is 5.29. The highest BCUT2D eigenvalue weighted by molar-refractivity contribution is 7.16. The molecule has 0 aliphatic heterocycles. The zero-order valence-electron chi connectivity index (χ0n) is 10.3. The van der Waals surface area contributed by atoms with Crippen LogP contribution in [-0.4, -0.2) is 32.5 Å². The number of nitrogens with one attached hydrogen (secondary N) is 2. The van der Waals surface area contributed by atoms with Gasteiger partial charge in [-0.15, -0.1) is 11.3 Å². The van der Waals surface area contributed by atoms with E-state index in [0.717, 1.165) is 9.78 Å². The zero-order valence-corrected chi connectivity index (χ0v) is 11.2. The molecule has 17 heavy (non-hydrogen) atoms. The van der Waals surface area contributed by atoms with E-state index in [4.69, 9.17) is 0 Å². The Kier molecular flexibility index (Phi) is 4.25. The number of amides is 1. The van der Waals surface area contributed by atoms with Gasteiger partial charge in [0.25, 0.3) is 5.91 Å². The number of carboxylic acid groups (broad SMARTS) is 1. The third kappa shape index (κ3) is 3.28. The molecule has 0 fully saturated rings. The molecule has 1 aromatic rings. The molecule has 1 aromatic heterocycles. The number of hydrogen-bond donors (Lipinski definition) is 2. The van der Waals surface area contributed by atoms with E-state index in [-0.39, 0.29) is 11.5 Å². The van der Waals surface area contributed by atoms with Crippen LogP contribution >= 0.6 is 11.3 Å². The fourth-order valence-electron chi connectivity index (χ4n) is 1.45. The molecule has 1 amide bonds. The van der Waals surface area contributed by atoms with Gasteiger partial charge in [0.2, 0.25) is 0 Å². The summed E-state index contributed by atoms with van der Waals surface area (Å²) < 4.78 is 0. The lowest BCUT2D eigenvalue weighted by atomic mass is 10.1. The van der Waals surface area contributed by atoms with E-state index >= 15 is 0 Å². The Morgan fingerprint density at radius 2 is 1.94 bits per heavy atom. The summed E-state index contributed by atoms with van der Waals surface area (Å²) >= 11 is 1.26. The number of carboxylic acids is 1. The standard InChI is InChI=1S/C11H16N2O3S/c1-6-7(2)17-10(9(6)11(15)16)12-8(14)5-13(3)4/h5H2,1-4H3,(H,12,14)(H,15,16). The molecule has 94 valence electrons. The molecule has 0 atom stereocenters. The molecular formula is C11H16N2O3S. The highest BCUT2D eigenvalue weighted by Crippen LogP contribution is 2.31. The first-order valence-corrected chi connectivity index (χ1v) is 6.04. The van der Waals surface area contributed by atoms with Gasteiger partial charge in [0.1, 0.15) is 5.00 Å². The highest BCUT2D eigenvalue weighted by Gasteiger charge is 2.16. The lowest BCUT2D eigenvalue weighted by Crippen LogP contribution is -3.06. The average molecular weight is 256 g/mol. The number of aryl methyl sites for hydroxylation is 1. The van der Waals surface area contributed by atoms with Crippen LogP contribution in [0.25, 0.3) is 0 Å². The van der Waals surface area contributed by atoms with Crippen molar-refractivity contribution < 1.29 is 19.6 Å². The molecule has 0 radical (unpaired) electrons. The van der Waals surface area contributed by atoms with Crippen LogP contribution in [0.5, 0.6) is 0 Å². The predicted octanol–water partition coefficient (Wildman–Crippen LogP) is -1.19. The first-order chi connectivity index (χ1) is 7.82. The Hall–Kier alpha value is -1.40. The minimum absolute atomic E-state index is 0.0922. The maximum absolute atomic E-state index is 11.6. The second-order valence-corrected chi connectivity index (χ2v) is 5.43. The van der Waals surface area contributed by atoms with Crippen molar-refractivity contribution in [3.63, 3.8) is 0 Å². The number of quaternary nitrogens is 1. The Balaban J connectivity index is 2.95. The number of hydrogen-bond acceptors (Lipinski definition) is 4. The lowest BCUT2D eigenvalue weighted by Gasteiger charge is -2.09. The van der Waals surface area contributed by atoms with Crippen molar-refractivity contribution in [1.82, 2.24) is 0 Å². The number of carbonyl (C=O) groups is 2. The summed E-state index contributed by atoms with van der Waals surface area (Å²) in [6.07, 6.45) is 0. The van der Waals surface area contributed by atoms with E-state index in [1.54, 1.807) is 6.92 Å². The van der Waals surface area contributed by atoms with Crippen LogP contribution in [-0.2, 0) is 4.79 Å². The largest absolute Gasteiger partial charge is 0.545 e. The number of carbonyl (C=O) groups excluding carboxylic acids is 2. The topological polar surface area (TPSA) is 73.7 Å². The molecule has 1 heterocycles. The Morgan fingerprint density at radius 1 is 1.35 bits per heavy atom. The van der Waals surface area contributed by atoms with E-state index < -0.39 is 5.97 Å². The van der Waals surface area contributed by atoms with Crippen molar-refractivity contribution in [2.75, 3.05) is 26.0 Å². The molecule has 0 unspecified atom stereocenters. The summed E-state index contributed by atoms with van der Waals surface area (Å²) in [4.78, 5) is 24.4. The average Bonchev–Trinajstić information content (AvgIpc) is 2.40. The third-order valence-corrected chi connectivity index (χ3v) is 3.48. The summed E-state index contributed by atoms with van der Waals surface area (Å²) in [5.41, 5.74) is 0.747. The van der Waals surface area contributed by atoms with Crippen molar-refractivity contribution in [1.29, 1.82) is 0 Å². The van der Waals surface area contributed by atoms with Gasteiger partial charge in [-0.05, 0) is 19.4 Å². The van der Waals surface area contributed by atoms with Crippen LogP contribution in [0.4, 0.5) is 5.00 Å². The quantitative estimate of drug-likeness (QED) is 0.711. The van der Waals surface area contributed by atoms with Crippen molar-refractivity contribution in [2.45, 2.75) is 13.8 Å². The summed E-state index contributed by atoms with van der Waals surface area (Å²) in [5, 5.41) is 14.0. The summed E-state index contributed by atoms with van der Waals surface area (Å²) in [6, 6.07) is 0. The smallest absolute Gasteiger partial charge is 0.280 e. The molecule has 0 aromatic carbocycles. The maximum atomic E-state index is 11.6. The molecule has 0 aliphatic carbocycles.